The second-order valence-electron chi connectivity index (χ2n) is 3.83. The molecule has 18 heavy (non-hydrogen) atoms. The van der Waals surface area contributed by atoms with Gasteiger partial charge in [0.05, 0.1) is 13.2 Å². The SMILES string of the molecule is CCCC(NC(=O)N(CCO)CCOC)C(=O)O. The molecule has 0 aliphatic heterocycles. The molecule has 0 saturated heterocycles. The number of carbonyl (C=O) groups excluding carboxylic acids is 1. The number of rotatable bonds is 9. The van der Waals surface area contributed by atoms with Gasteiger partial charge in [-0.05, 0) is 6.42 Å². The largest absolute Gasteiger partial charge is 0.480 e. The molecule has 0 rings (SSSR count). The van der Waals surface area contributed by atoms with Gasteiger partial charge < -0.3 is 25.2 Å². The zero-order chi connectivity index (χ0) is 14.0. The number of aliphatic carboxylic acids is 1. The van der Waals surface area contributed by atoms with E-state index in [9.17, 15) is 9.59 Å². The molecule has 3 N–H and O–H groups in total. The molecule has 2 amide bonds. The molecular formula is C11H22N2O5. The average molecular weight is 262 g/mol. The van der Waals surface area contributed by atoms with E-state index < -0.39 is 18.0 Å². The number of carboxylic acid groups (broad SMARTS) is 1. The smallest absolute Gasteiger partial charge is 0.326 e. The number of methoxy groups -OCH3 is 1. The topological polar surface area (TPSA) is 99.1 Å². The van der Waals surface area contributed by atoms with E-state index in [0.29, 0.717) is 26.0 Å². The third kappa shape index (κ3) is 6.41. The van der Waals surface area contributed by atoms with Gasteiger partial charge in [0, 0.05) is 20.2 Å². The maximum absolute atomic E-state index is 11.8. The van der Waals surface area contributed by atoms with Crippen molar-refractivity contribution in [3.63, 3.8) is 0 Å². The van der Waals surface area contributed by atoms with Crippen molar-refractivity contribution in [1.29, 1.82) is 0 Å². The Balaban J connectivity index is 4.40. The second-order valence-corrected chi connectivity index (χ2v) is 3.83. The Morgan fingerprint density at radius 2 is 2.06 bits per heavy atom. The minimum atomic E-state index is -1.05. The van der Waals surface area contributed by atoms with Crippen LogP contribution < -0.4 is 5.32 Å². The quantitative estimate of drug-likeness (QED) is 0.538. The second kappa shape index (κ2) is 9.67. The van der Waals surface area contributed by atoms with Crippen molar-refractivity contribution in [3.8, 4) is 0 Å². The lowest BCUT2D eigenvalue weighted by molar-refractivity contribution is -0.139. The number of ether oxygens (including phenoxy) is 1. The summed E-state index contributed by atoms with van der Waals surface area (Å²) < 4.78 is 4.85. The molecular weight excluding hydrogens is 240 g/mol. The van der Waals surface area contributed by atoms with E-state index in [2.05, 4.69) is 5.32 Å². The van der Waals surface area contributed by atoms with Crippen LogP contribution >= 0.6 is 0 Å². The number of amides is 2. The van der Waals surface area contributed by atoms with E-state index >= 15 is 0 Å². The number of nitrogens with one attached hydrogen (secondary N) is 1. The van der Waals surface area contributed by atoms with Gasteiger partial charge in [-0.25, -0.2) is 9.59 Å². The van der Waals surface area contributed by atoms with E-state index in [0.717, 1.165) is 0 Å². The lowest BCUT2D eigenvalue weighted by atomic mass is 10.2. The predicted octanol–water partition coefficient (Wildman–Crippen LogP) is -0.110. The Labute approximate surface area is 107 Å². The Kier molecular flexibility index (Phi) is 8.95. The van der Waals surface area contributed by atoms with Crippen LogP contribution in [0.4, 0.5) is 4.79 Å². The van der Waals surface area contributed by atoms with Gasteiger partial charge in [-0.2, -0.15) is 0 Å². The van der Waals surface area contributed by atoms with Crippen LogP contribution in [0.2, 0.25) is 0 Å². The van der Waals surface area contributed by atoms with Gasteiger partial charge in [0.15, 0.2) is 0 Å². The average Bonchev–Trinajstić information content (AvgIpc) is 2.33. The van der Waals surface area contributed by atoms with Crippen molar-refractivity contribution in [2.75, 3.05) is 33.4 Å². The highest BCUT2D eigenvalue weighted by Gasteiger charge is 2.21. The van der Waals surface area contributed by atoms with E-state index in [1.165, 1.54) is 12.0 Å². The zero-order valence-electron chi connectivity index (χ0n) is 10.9. The first-order chi connectivity index (χ1) is 8.56. The van der Waals surface area contributed by atoms with Crippen LogP contribution in [0.3, 0.4) is 0 Å². The lowest BCUT2D eigenvalue weighted by Gasteiger charge is -2.24. The minimum Gasteiger partial charge on any atom is -0.480 e. The standard InChI is InChI=1S/C11H22N2O5/c1-3-4-9(10(15)16)12-11(17)13(5-7-14)6-8-18-2/h9,14H,3-8H2,1-2H3,(H,12,17)(H,15,16). The number of aliphatic hydroxyl groups is 1. The summed E-state index contributed by atoms with van der Waals surface area (Å²) in [6.45, 7) is 2.45. The van der Waals surface area contributed by atoms with Crippen molar-refractivity contribution >= 4 is 12.0 Å². The van der Waals surface area contributed by atoms with Crippen LogP contribution in [0, 0.1) is 0 Å². The normalized spacial score (nSPS) is 11.9. The number of carboxylic acids is 1. The van der Waals surface area contributed by atoms with E-state index in [1.807, 2.05) is 6.92 Å². The highest BCUT2D eigenvalue weighted by molar-refractivity contribution is 5.82. The van der Waals surface area contributed by atoms with Crippen molar-refractivity contribution < 1.29 is 24.5 Å². The van der Waals surface area contributed by atoms with E-state index in [4.69, 9.17) is 14.9 Å². The van der Waals surface area contributed by atoms with Gasteiger partial charge in [0.25, 0.3) is 0 Å². The van der Waals surface area contributed by atoms with Crippen LogP contribution in [0.1, 0.15) is 19.8 Å². The molecule has 1 atom stereocenters. The molecule has 1 unspecified atom stereocenters. The summed E-state index contributed by atoms with van der Waals surface area (Å²) >= 11 is 0. The maximum atomic E-state index is 11.8. The first-order valence-electron chi connectivity index (χ1n) is 5.94. The molecule has 0 aromatic carbocycles. The van der Waals surface area contributed by atoms with Gasteiger partial charge in [-0.3, -0.25) is 0 Å². The fraction of sp³-hybridized carbons (Fsp3) is 0.818. The molecule has 0 aromatic rings. The number of aliphatic hydroxyl groups excluding tert-OH is 1. The highest BCUT2D eigenvalue weighted by Crippen LogP contribution is 1.99. The molecule has 0 aromatic heterocycles. The summed E-state index contributed by atoms with van der Waals surface area (Å²) in [7, 11) is 1.51. The summed E-state index contributed by atoms with van der Waals surface area (Å²) in [5.41, 5.74) is 0. The summed E-state index contributed by atoms with van der Waals surface area (Å²) in [5, 5.41) is 20.2. The molecule has 0 aliphatic carbocycles. The van der Waals surface area contributed by atoms with Crippen LogP contribution in [0.25, 0.3) is 0 Å². The molecule has 7 nitrogen and oxygen atoms in total. The monoisotopic (exact) mass is 262 g/mol. The van der Waals surface area contributed by atoms with Crippen LogP contribution in [0.5, 0.6) is 0 Å². The maximum Gasteiger partial charge on any atom is 0.326 e. The Bertz CT molecular complexity index is 260. The van der Waals surface area contributed by atoms with Gasteiger partial charge >= 0.3 is 12.0 Å². The molecule has 0 heterocycles. The number of urea groups is 1. The summed E-state index contributed by atoms with van der Waals surface area (Å²) in [6, 6.07) is -1.40. The summed E-state index contributed by atoms with van der Waals surface area (Å²) in [5.74, 6) is -1.05. The van der Waals surface area contributed by atoms with Gasteiger partial charge in [-0.15, -0.1) is 0 Å². The van der Waals surface area contributed by atoms with Crippen molar-refractivity contribution in [3.05, 3.63) is 0 Å². The molecule has 0 radical (unpaired) electrons. The fourth-order valence-electron chi connectivity index (χ4n) is 1.42. The minimum absolute atomic E-state index is 0.146. The molecule has 0 aliphatic rings. The first kappa shape index (κ1) is 16.7. The van der Waals surface area contributed by atoms with E-state index in [1.54, 1.807) is 0 Å². The number of hydrogen-bond donors (Lipinski definition) is 3. The molecule has 0 bridgehead atoms. The van der Waals surface area contributed by atoms with Crippen LogP contribution in [-0.4, -0.2) is 66.6 Å². The predicted molar refractivity (Wildman–Crippen MR) is 65.4 cm³/mol. The third-order valence-corrected chi connectivity index (χ3v) is 2.40. The van der Waals surface area contributed by atoms with Gasteiger partial charge in [-0.1, -0.05) is 13.3 Å². The van der Waals surface area contributed by atoms with Crippen LogP contribution in [-0.2, 0) is 9.53 Å². The molecule has 0 spiro atoms. The lowest BCUT2D eigenvalue weighted by Crippen LogP contribution is -2.49. The highest BCUT2D eigenvalue weighted by atomic mass is 16.5. The van der Waals surface area contributed by atoms with Gasteiger partial charge in [0.2, 0.25) is 0 Å². The molecule has 7 heteroatoms. The molecule has 0 saturated carbocycles. The Morgan fingerprint density at radius 1 is 1.39 bits per heavy atom. The summed E-state index contributed by atoms with van der Waals surface area (Å²) in [4.78, 5) is 24.1. The molecule has 106 valence electrons. The zero-order valence-corrected chi connectivity index (χ0v) is 10.9. The van der Waals surface area contributed by atoms with Crippen molar-refractivity contribution in [1.82, 2.24) is 10.2 Å². The summed E-state index contributed by atoms with van der Waals surface area (Å²) in [6.07, 6.45) is 1.04. The number of nitrogens with zero attached hydrogens (tertiary/aromatic N) is 1. The van der Waals surface area contributed by atoms with Crippen molar-refractivity contribution in [2.24, 2.45) is 0 Å². The van der Waals surface area contributed by atoms with Crippen LogP contribution in [0.15, 0.2) is 0 Å². The number of carbonyl (C=O) groups is 2. The Hall–Kier alpha value is -1.34. The van der Waals surface area contributed by atoms with Gasteiger partial charge in [0.1, 0.15) is 6.04 Å². The molecule has 0 fully saturated rings. The number of hydrogen-bond acceptors (Lipinski definition) is 4. The van der Waals surface area contributed by atoms with Crippen molar-refractivity contribution in [2.45, 2.75) is 25.8 Å². The fourth-order valence-corrected chi connectivity index (χ4v) is 1.42. The third-order valence-electron chi connectivity index (χ3n) is 2.40. The first-order valence-corrected chi connectivity index (χ1v) is 5.94. The van der Waals surface area contributed by atoms with E-state index in [-0.39, 0.29) is 13.2 Å². The Morgan fingerprint density at radius 3 is 2.50 bits per heavy atom.